The number of nitrogens with one attached hydrogen (secondary N) is 1. The monoisotopic (exact) mass is 308 g/mol. The number of aliphatic hydroxyl groups is 5. The van der Waals surface area contributed by atoms with Gasteiger partial charge in [-0.1, -0.05) is 13.8 Å². The van der Waals surface area contributed by atoms with Gasteiger partial charge >= 0.3 is 0 Å². The highest BCUT2D eigenvalue weighted by Crippen LogP contribution is 2.08. The first-order chi connectivity index (χ1) is 9.61. The summed E-state index contributed by atoms with van der Waals surface area (Å²) < 4.78 is 0. The Balaban J connectivity index is 4.71. The maximum absolute atomic E-state index is 11.6. The first-order valence-electron chi connectivity index (χ1n) is 6.46. The zero-order valence-corrected chi connectivity index (χ0v) is 11.8. The molecule has 0 rings (SSSR count). The molecule has 6 N–H and O–H groups in total. The second-order valence-electron chi connectivity index (χ2n) is 5.19. The van der Waals surface area contributed by atoms with Crippen LogP contribution in [0, 0.1) is 5.92 Å². The van der Waals surface area contributed by atoms with Gasteiger partial charge < -0.3 is 40.8 Å². The Morgan fingerprint density at radius 2 is 1.62 bits per heavy atom. The summed E-state index contributed by atoms with van der Waals surface area (Å²) in [4.78, 5) is 22.5. The van der Waals surface area contributed by atoms with Crippen LogP contribution in [-0.2, 0) is 9.59 Å². The van der Waals surface area contributed by atoms with E-state index in [9.17, 15) is 30.0 Å². The molecule has 0 aromatic rings. The molecule has 0 bridgehead atoms. The fourth-order valence-electron chi connectivity index (χ4n) is 1.62. The number of aliphatic carboxylic acids is 1. The number of aliphatic hydroxyl groups excluding tert-OH is 5. The highest BCUT2D eigenvalue weighted by atomic mass is 16.4. The van der Waals surface area contributed by atoms with E-state index in [-0.39, 0.29) is 12.3 Å². The number of hydrogen-bond donors (Lipinski definition) is 6. The molecule has 5 atom stereocenters. The van der Waals surface area contributed by atoms with E-state index >= 15 is 0 Å². The number of carboxylic acid groups (broad SMARTS) is 1. The van der Waals surface area contributed by atoms with Gasteiger partial charge in [-0.05, 0) is 12.3 Å². The predicted octanol–water partition coefficient (Wildman–Crippen LogP) is -4.30. The lowest BCUT2D eigenvalue weighted by Crippen LogP contribution is -2.56. The van der Waals surface area contributed by atoms with Gasteiger partial charge in [0.1, 0.15) is 18.3 Å². The Morgan fingerprint density at radius 1 is 1.10 bits per heavy atom. The number of hydrogen-bond acceptors (Lipinski definition) is 8. The lowest BCUT2D eigenvalue weighted by atomic mass is 10.0. The maximum Gasteiger partial charge on any atom is 0.252 e. The molecule has 1 amide bonds. The fourth-order valence-corrected chi connectivity index (χ4v) is 1.62. The van der Waals surface area contributed by atoms with Gasteiger partial charge in [-0.3, -0.25) is 4.79 Å². The van der Waals surface area contributed by atoms with Gasteiger partial charge in [0.25, 0.3) is 5.91 Å². The van der Waals surface area contributed by atoms with Crippen LogP contribution in [0.15, 0.2) is 0 Å². The molecular formula is C12H22NO8-. The van der Waals surface area contributed by atoms with E-state index in [1.54, 1.807) is 13.8 Å². The van der Waals surface area contributed by atoms with E-state index in [1.807, 2.05) is 5.32 Å². The van der Waals surface area contributed by atoms with Gasteiger partial charge in [0.15, 0.2) is 6.10 Å². The van der Waals surface area contributed by atoms with Crippen molar-refractivity contribution in [3.63, 3.8) is 0 Å². The van der Waals surface area contributed by atoms with Gasteiger partial charge in [0.2, 0.25) is 0 Å². The Hall–Kier alpha value is -1.26. The third kappa shape index (κ3) is 6.36. The minimum Gasteiger partial charge on any atom is -0.548 e. The molecule has 0 spiro atoms. The SMILES string of the molecule is CC(C)C[C@H](NC(=O)[C@H](O)[C@H](O)[C@H](O)[C@H](O)CO)C(=O)[O-]. The molecule has 9 heteroatoms. The maximum atomic E-state index is 11.6. The van der Waals surface area contributed by atoms with Crippen LogP contribution < -0.4 is 10.4 Å². The standard InChI is InChI=1S/C12H23NO8/c1-5(2)3-6(12(20)21)13-11(19)10(18)9(17)8(16)7(15)4-14/h5-10,14-18H,3-4H2,1-2H3,(H,13,19)(H,20,21)/p-1/t6-,7+,8+,9+,10+/m0/s1. The molecule has 0 aromatic carbocycles. The molecule has 0 aliphatic rings. The summed E-state index contributed by atoms with van der Waals surface area (Å²) in [5, 5.41) is 58.9. The number of carbonyl (C=O) groups excluding carboxylic acids is 2. The minimum atomic E-state index is -2.17. The Kier molecular flexibility index (Phi) is 8.37. The highest BCUT2D eigenvalue weighted by molar-refractivity contribution is 5.86. The number of carbonyl (C=O) groups is 2. The molecule has 0 aliphatic carbocycles. The van der Waals surface area contributed by atoms with Crippen molar-refractivity contribution in [1.82, 2.24) is 5.32 Å². The number of rotatable bonds is 9. The zero-order valence-electron chi connectivity index (χ0n) is 11.8. The van der Waals surface area contributed by atoms with E-state index < -0.39 is 48.9 Å². The van der Waals surface area contributed by atoms with Crippen LogP contribution in [0.2, 0.25) is 0 Å². The predicted molar refractivity (Wildman–Crippen MR) is 67.5 cm³/mol. The van der Waals surface area contributed by atoms with E-state index in [4.69, 9.17) is 10.2 Å². The molecule has 21 heavy (non-hydrogen) atoms. The van der Waals surface area contributed by atoms with Crippen LogP contribution >= 0.6 is 0 Å². The molecule has 0 fully saturated rings. The smallest absolute Gasteiger partial charge is 0.252 e. The van der Waals surface area contributed by atoms with Crippen LogP contribution in [-0.4, -0.2) is 74.5 Å². The minimum absolute atomic E-state index is 0.0543. The van der Waals surface area contributed by atoms with Gasteiger partial charge in [-0.2, -0.15) is 0 Å². The highest BCUT2D eigenvalue weighted by Gasteiger charge is 2.34. The molecule has 0 saturated carbocycles. The third-order valence-corrected chi connectivity index (χ3v) is 2.83. The lowest BCUT2D eigenvalue weighted by molar-refractivity contribution is -0.308. The quantitative estimate of drug-likeness (QED) is 0.248. The van der Waals surface area contributed by atoms with E-state index in [2.05, 4.69) is 0 Å². The van der Waals surface area contributed by atoms with Crippen molar-refractivity contribution >= 4 is 11.9 Å². The Labute approximate surface area is 121 Å². The molecule has 124 valence electrons. The first kappa shape index (κ1) is 19.7. The average Bonchev–Trinajstić information content (AvgIpc) is 2.42. The second kappa shape index (κ2) is 8.90. The normalized spacial score (nSPS) is 18.7. The molecule has 0 saturated heterocycles. The fraction of sp³-hybridized carbons (Fsp3) is 0.833. The van der Waals surface area contributed by atoms with E-state index in [1.165, 1.54) is 0 Å². The van der Waals surface area contributed by atoms with Gasteiger partial charge in [-0.15, -0.1) is 0 Å². The summed E-state index contributed by atoms with van der Waals surface area (Å²) in [6.07, 6.45) is -7.93. The summed E-state index contributed by atoms with van der Waals surface area (Å²) in [6, 6.07) is -1.36. The molecule has 0 radical (unpaired) electrons. The average molecular weight is 308 g/mol. The molecule has 0 heterocycles. The molecular weight excluding hydrogens is 286 g/mol. The van der Waals surface area contributed by atoms with Gasteiger partial charge in [0.05, 0.1) is 18.6 Å². The summed E-state index contributed by atoms with van der Waals surface area (Å²) in [7, 11) is 0. The van der Waals surface area contributed by atoms with Gasteiger partial charge in [-0.25, -0.2) is 0 Å². The van der Waals surface area contributed by atoms with Crippen LogP contribution in [0.4, 0.5) is 0 Å². The Bertz CT molecular complexity index is 348. The van der Waals surface area contributed by atoms with Gasteiger partial charge in [0, 0.05) is 0 Å². The van der Waals surface area contributed by atoms with Crippen molar-refractivity contribution in [2.45, 2.75) is 50.7 Å². The number of carboxylic acids is 1. The zero-order chi connectivity index (χ0) is 16.7. The molecule has 9 nitrogen and oxygen atoms in total. The largest absolute Gasteiger partial charge is 0.548 e. The summed E-state index contributed by atoms with van der Waals surface area (Å²) >= 11 is 0. The summed E-state index contributed by atoms with van der Waals surface area (Å²) in [5.41, 5.74) is 0. The van der Waals surface area contributed by atoms with Crippen molar-refractivity contribution in [3.05, 3.63) is 0 Å². The number of amides is 1. The third-order valence-electron chi connectivity index (χ3n) is 2.83. The Morgan fingerprint density at radius 3 is 2.00 bits per heavy atom. The van der Waals surface area contributed by atoms with Crippen molar-refractivity contribution in [2.75, 3.05) is 6.61 Å². The van der Waals surface area contributed by atoms with Crippen molar-refractivity contribution in [1.29, 1.82) is 0 Å². The summed E-state index contributed by atoms with van der Waals surface area (Å²) in [6.45, 7) is 2.55. The van der Waals surface area contributed by atoms with Crippen LogP contribution in [0.1, 0.15) is 20.3 Å². The van der Waals surface area contributed by atoms with Crippen molar-refractivity contribution < 1.29 is 40.2 Å². The van der Waals surface area contributed by atoms with Crippen molar-refractivity contribution in [2.24, 2.45) is 5.92 Å². The summed E-state index contributed by atoms with van der Waals surface area (Å²) in [5.74, 6) is -2.85. The topological polar surface area (TPSA) is 170 Å². The van der Waals surface area contributed by atoms with Crippen molar-refractivity contribution in [3.8, 4) is 0 Å². The van der Waals surface area contributed by atoms with E-state index in [0.29, 0.717) is 0 Å². The van der Waals surface area contributed by atoms with E-state index in [0.717, 1.165) is 0 Å². The van der Waals surface area contributed by atoms with Crippen LogP contribution in [0.3, 0.4) is 0 Å². The van der Waals surface area contributed by atoms with Crippen LogP contribution in [0.25, 0.3) is 0 Å². The molecule has 0 aliphatic heterocycles. The van der Waals surface area contributed by atoms with Crippen LogP contribution in [0.5, 0.6) is 0 Å². The lowest BCUT2D eigenvalue weighted by Gasteiger charge is -2.27. The first-order valence-corrected chi connectivity index (χ1v) is 6.46. The molecule has 0 unspecified atom stereocenters. The second-order valence-corrected chi connectivity index (χ2v) is 5.19. The molecule has 0 aromatic heterocycles.